The molecule has 0 bridgehead atoms. The van der Waals surface area contributed by atoms with Crippen LogP contribution in [0.4, 0.5) is 8.78 Å². The number of alkyl halides is 2. The Morgan fingerprint density at radius 2 is 2.29 bits per heavy atom. The highest BCUT2D eigenvalue weighted by molar-refractivity contribution is 4.94. The van der Waals surface area contributed by atoms with Crippen LogP contribution in [0.3, 0.4) is 0 Å². The zero-order valence-electron chi connectivity index (χ0n) is 10.1. The standard InChI is InChI=1S/C11H17F2N3O/c1-11(2)8-15(5-6-17-11)7-9-14-3-4-16(9)10(12)13/h3-4,10H,5-8H2,1-2H3. The molecule has 17 heavy (non-hydrogen) atoms. The number of halogens is 2. The van der Waals surface area contributed by atoms with E-state index in [1.807, 2.05) is 13.8 Å². The summed E-state index contributed by atoms with van der Waals surface area (Å²) < 4.78 is 31.8. The minimum absolute atomic E-state index is 0.222. The number of rotatable bonds is 3. The molecule has 0 radical (unpaired) electrons. The van der Waals surface area contributed by atoms with Crippen LogP contribution in [-0.2, 0) is 11.3 Å². The lowest BCUT2D eigenvalue weighted by Gasteiger charge is -2.37. The number of aromatic nitrogens is 2. The van der Waals surface area contributed by atoms with E-state index in [-0.39, 0.29) is 5.60 Å². The molecular formula is C11H17F2N3O. The maximum atomic E-state index is 12.6. The first kappa shape index (κ1) is 12.4. The summed E-state index contributed by atoms with van der Waals surface area (Å²) in [5, 5.41) is 0. The summed E-state index contributed by atoms with van der Waals surface area (Å²) in [5.41, 5.74) is -0.222. The molecule has 2 heterocycles. The van der Waals surface area contributed by atoms with Gasteiger partial charge in [-0.2, -0.15) is 8.78 Å². The van der Waals surface area contributed by atoms with E-state index in [1.54, 1.807) is 0 Å². The third kappa shape index (κ3) is 3.01. The molecule has 1 aliphatic rings. The van der Waals surface area contributed by atoms with Crippen LogP contribution in [0.25, 0.3) is 0 Å². The summed E-state index contributed by atoms with van der Waals surface area (Å²) >= 11 is 0. The first-order valence-electron chi connectivity index (χ1n) is 5.64. The molecule has 4 nitrogen and oxygen atoms in total. The van der Waals surface area contributed by atoms with Crippen LogP contribution in [0.5, 0.6) is 0 Å². The number of nitrogens with zero attached hydrogens (tertiary/aromatic N) is 3. The Bertz CT molecular complexity index is 379. The van der Waals surface area contributed by atoms with Gasteiger partial charge in [-0.15, -0.1) is 0 Å². The van der Waals surface area contributed by atoms with Crippen LogP contribution in [0.2, 0.25) is 0 Å². The molecule has 1 fully saturated rings. The van der Waals surface area contributed by atoms with Crippen molar-refractivity contribution in [3.63, 3.8) is 0 Å². The van der Waals surface area contributed by atoms with Gasteiger partial charge in [0, 0.05) is 25.5 Å². The lowest BCUT2D eigenvalue weighted by atomic mass is 10.1. The summed E-state index contributed by atoms with van der Waals surface area (Å²) in [6.07, 6.45) is 2.72. The van der Waals surface area contributed by atoms with Gasteiger partial charge in [-0.05, 0) is 13.8 Å². The van der Waals surface area contributed by atoms with E-state index in [0.29, 0.717) is 19.0 Å². The van der Waals surface area contributed by atoms with Crippen LogP contribution < -0.4 is 0 Å². The van der Waals surface area contributed by atoms with Gasteiger partial charge in [-0.25, -0.2) is 4.98 Å². The Morgan fingerprint density at radius 3 is 2.94 bits per heavy atom. The highest BCUT2D eigenvalue weighted by Crippen LogP contribution is 2.19. The van der Waals surface area contributed by atoms with Crippen LogP contribution in [-0.4, -0.2) is 39.7 Å². The lowest BCUT2D eigenvalue weighted by Crippen LogP contribution is -2.48. The number of morpholine rings is 1. The first-order valence-corrected chi connectivity index (χ1v) is 5.64. The first-order chi connectivity index (χ1) is 7.98. The number of ether oxygens (including phenoxy) is 1. The van der Waals surface area contributed by atoms with Crippen molar-refractivity contribution in [2.45, 2.75) is 32.5 Å². The monoisotopic (exact) mass is 245 g/mol. The van der Waals surface area contributed by atoms with Crippen molar-refractivity contribution in [2.24, 2.45) is 0 Å². The van der Waals surface area contributed by atoms with Gasteiger partial charge in [0.05, 0.1) is 18.8 Å². The van der Waals surface area contributed by atoms with E-state index in [0.717, 1.165) is 17.7 Å². The molecule has 0 N–H and O–H groups in total. The van der Waals surface area contributed by atoms with E-state index in [1.165, 1.54) is 12.4 Å². The van der Waals surface area contributed by atoms with Crippen LogP contribution >= 0.6 is 0 Å². The second-order valence-electron chi connectivity index (χ2n) is 4.85. The zero-order chi connectivity index (χ0) is 12.5. The third-order valence-electron chi connectivity index (χ3n) is 2.83. The predicted molar refractivity (Wildman–Crippen MR) is 58.8 cm³/mol. The van der Waals surface area contributed by atoms with E-state index in [9.17, 15) is 8.78 Å². The van der Waals surface area contributed by atoms with Crippen molar-refractivity contribution < 1.29 is 13.5 Å². The minimum atomic E-state index is -2.53. The molecule has 0 atom stereocenters. The van der Waals surface area contributed by atoms with Crippen molar-refractivity contribution in [1.82, 2.24) is 14.5 Å². The molecule has 0 aromatic carbocycles. The second kappa shape index (κ2) is 4.70. The fourth-order valence-corrected chi connectivity index (χ4v) is 2.09. The molecule has 0 aliphatic carbocycles. The van der Waals surface area contributed by atoms with Crippen molar-refractivity contribution in [2.75, 3.05) is 19.7 Å². The van der Waals surface area contributed by atoms with Crippen LogP contribution in [0.15, 0.2) is 12.4 Å². The van der Waals surface area contributed by atoms with Crippen molar-refractivity contribution in [1.29, 1.82) is 0 Å². The van der Waals surface area contributed by atoms with Gasteiger partial charge >= 0.3 is 6.55 Å². The molecule has 1 aromatic heterocycles. The molecule has 0 unspecified atom stereocenters. The van der Waals surface area contributed by atoms with E-state index < -0.39 is 6.55 Å². The zero-order valence-corrected chi connectivity index (χ0v) is 10.1. The molecule has 1 aromatic rings. The lowest BCUT2D eigenvalue weighted by molar-refractivity contribution is -0.0894. The normalized spacial score (nSPS) is 21.0. The van der Waals surface area contributed by atoms with Gasteiger partial charge in [-0.3, -0.25) is 9.47 Å². The SMILES string of the molecule is CC1(C)CN(Cc2nccn2C(F)F)CCO1. The van der Waals surface area contributed by atoms with Gasteiger partial charge in [0.15, 0.2) is 0 Å². The smallest absolute Gasteiger partial charge is 0.319 e. The van der Waals surface area contributed by atoms with Crippen molar-refractivity contribution in [3.8, 4) is 0 Å². The molecule has 0 amide bonds. The van der Waals surface area contributed by atoms with Gasteiger partial charge < -0.3 is 4.74 Å². The average Bonchev–Trinajstić information content (AvgIpc) is 2.64. The van der Waals surface area contributed by atoms with Gasteiger partial charge in [-0.1, -0.05) is 0 Å². The van der Waals surface area contributed by atoms with Crippen LogP contribution in [0.1, 0.15) is 26.2 Å². The molecule has 0 saturated carbocycles. The number of imidazole rings is 1. The van der Waals surface area contributed by atoms with Gasteiger partial charge in [0.2, 0.25) is 0 Å². The summed E-state index contributed by atoms with van der Waals surface area (Å²) in [5.74, 6) is 0.401. The largest absolute Gasteiger partial charge is 0.373 e. The molecular weight excluding hydrogens is 228 g/mol. The molecule has 6 heteroatoms. The average molecular weight is 245 g/mol. The van der Waals surface area contributed by atoms with E-state index >= 15 is 0 Å². The number of hydrogen-bond acceptors (Lipinski definition) is 3. The summed E-state index contributed by atoms with van der Waals surface area (Å²) in [6.45, 7) is 4.01. The maximum Gasteiger partial charge on any atom is 0.319 e. The van der Waals surface area contributed by atoms with Gasteiger partial charge in [0.25, 0.3) is 0 Å². The molecule has 1 saturated heterocycles. The maximum absolute atomic E-state index is 12.6. The molecule has 1 aliphatic heterocycles. The molecule has 96 valence electrons. The van der Waals surface area contributed by atoms with Gasteiger partial charge in [0.1, 0.15) is 5.82 Å². The van der Waals surface area contributed by atoms with E-state index in [2.05, 4.69) is 9.88 Å². The molecule has 2 rings (SSSR count). The Morgan fingerprint density at radius 1 is 1.53 bits per heavy atom. The summed E-state index contributed by atoms with van der Waals surface area (Å²) in [7, 11) is 0. The highest BCUT2D eigenvalue weighted by atomic mass is 19.3. The third-order valence-corrected chi connectivity index (χ3v) is 2.83. The predicted octanol–water partition coefficient (Wildman–Crippen LogP) is 1.89. The van der Waals surface area contributed by atoms with Crippen molar-refractivity contribution in [3.05, 3.63) is 18.2 Å². The minimum Gasteiger partial charge on any atom is -0.373 e. The number of hydrogen-bond donors (Lipinski definition) is 0. The fraction of sp³-hybridized carbons (Fsp3) is 0.727. The Balaban J connectivity index is 2.03. The Labute approximate surface area is 99.2 Å². The Kier molecular flexibility index (Phi) is 3.44. The topological polar surface area (TPSA) is 30.3 Å². The summed E-state index contributed by atoms with van der Waals surface area (Å²) in [6, 6.07) is 0. The Hall–Kier alpha value is -1.01. The van der Waals surface area contributed by atoms with Crippen molar-refractivity contribution >= 4 is 0 Å². The van der Waals surface area contributed by atoms with Crippen LogP contribution in [0, 0.1) is 0 Å². The summed E-state index contributed by atoms with van der Waals surface area (Å²) in [4.78, 5) is 6.07. The fourth-order valence-electron chi connectivity index (χ4n) is 2.09. The highest BCUT2D eigenvalue weighted by Gasteiger charge is 2.28. The second-order valence-corrected chi connectivity index (χ2v) is 4.85. The molecule has 0 spiro atoms. The van der Waals surface area contributed by atoms with E-state index in [4.69, 9.17) is 4.74 Å². The quantitative estimate of drug-likeness (QED) is 0.814.